The number of methoxy groups -OCH3 is 1. The molecule has 0 unspecified atom stereocenters. The smallest absolute Gasteiger partial charge is 0.301 e. The summed E-state index contributed by atoms with van der Waals surface area (Å²) < 4.78 is 12.1. The molecule has 22 heavy (non-hydrogen) atoms. The minimum atomic E-state index is -0.270. The zero-order valence-corrected chi connectivity index (χ0v) is 11.7. The fraction of sp³-hybridized carbons (Fsp3) is 0.0625. The Balaban J connectivity index is 1.97. The maximum atomic E-state index is 12.6. The van der Waals surface area contributed by atoms with Gasteiger partial charge in [0.2, 0.25) is 11.3 Å². The highest BCUT2D eigenvalue weighted by atomic mass is 16.5. The molecule has 0 amide bonds. The molecule has 3 aromatic heterocycles. The quantitative estimate of drug-likeness (QED) is 0.568. The summed E-state index contributed by atoms with van der Waals surface area (Å²) in [7, 11) is 1.59. The van der Waals surface area contributed by atoms with Crippen LogP contribution in [0.4, 0.5) is 0 Å². The van der Waals surface area contributed by atoms with Gasteiger partial charge in [-0.05, 0) is 36.4 Å². The number of ether oxygens (including phenoxy) is 1. The second-order valence-electron chi connectivity index (χ2n) is 4.75. The van der Waals surface area contributed by atoms with Crippen LogP contribution < -0.4 is 10.3 Å². The van der Waals surface area contributed by atoms with Gasteiger partial charge in [-0.15, -0.1) is 0 Å². The lowest BCUT2D eigenvalue weighted by Gasteiger charge is -2.05. The SMILES string of the molecule is COc1ccc(-n2cnc3c(oc4ncccc43)c2=O)cc1. The van der Waals surface area contributed by atoms with Crippen molar-refractivity contribution in [1.29, 1.82) is 0 Å². The highest BCUT2D eigenvalue weighted by molar-refractivity contribution is 6.00. The summed E-state index contributed by atoms with van der Waals surface area (Å²) >= 11 is 0. The molecule has 0 aliphatic heterocycles. The molecule has 3 heterocycles. The normalized spacial score (nSPS) is 11.1. The van der Waals surface area contributed by atoms with E-state index in [-0.39, 0.29) is 11.1 Å². The first-order valence-corrected chi connectivity index (χ1v) is 6.67. The molecular weight excluding hydrogens is 282 g/mol. The molecule has 0 fully saturated rings. The van der Waals surface area contributed by atoms with Crippen LogP contribution in [-0.4, -0.2) is 21.6 Å². The number of aromatic nitrogens is 3. The van der Waals surface area contributed by atoms with E-state index >= 15 is 0 Å². The van der Waals surface area contributed by atoms with Crippen LogP contribution in [-0.2, 0) is 0 Å². The van der Waals surface area contributed by atoms with Gasteiger partial charge in [-0.25, -0.2) is 9.97 Å². The van der Waals surface area contributed by atoms with Crippen molar-refractivity contribution < 1.29 is 9.15 Å². The van der Waals surface area contributed by atoms with Gasteiger partial charge in [0.25, 0.3) is 0 Å². The Morgan fingerprint density at radius 2 is 1.95 bits per heavy atom. The Hall–Kier alpha value is -3.15. The highest BCUT2D eigenvalue weighted by Gasteiger charge is 2.14. The van der Waals surface area contributed by atoms with E-state index < -0.39 is 0 Å². The van der Waals surface area contributed by atoms with Crippen LogP contribution in [0.1, 0.15) is 0 Å². The molecule has 0 bridgehead atoms. The van der Waals surface area contributed by atoms with Crippen molar-refractivity contribution in [2.45, 2.75) is 0 Å². The second kappa shape index (κ2) is 4.70. The minimum Gasteiger partial charge on any atom is -0.497 e. The zero-order valence-electron chi connectivity index (χ0n) is 11.7. The first-order valence-electron chi connectivity index (χ1n) is 6.67. The molecule has 0 spiro atoms. The molecule has 0 radical (unpaired) electrons. The summed E-state index contributed by atoms with van der Waals surface area (Å²) in [5.41, 5.74) is 1.56. The summed E-state index contributed by atoms with van der Waals surface area (Å²) in [5, 5.41) is 0.733. The summed E-state index contributed by atoms with van der Waals surface area (Å²) in [6.07, 6.45) is 3.11. The van der Waals surface area contributed by atoms with E-state index in [1.54, 1.807) is 43.6 Å². The van der Waals surface area contributed by atoms with Gasteiger partial charge in [-0.3, -0.25) is 9.36 Å². The van der Waals surface area contributed by atoms with Crippen molar-refractivity contribution in [2.75, 3.05) is 7.11 Å². The van der Waals surface area contributed by atoms with E-state index in [4.69, 9.17) is 9.15 Å². The topological polar surface area (TPSA) is 70.2 Å². The molecule has 1 aromatic carbocycles. The highest BCUT2D eigenvalue weighted by Crippen LogP contribution is 2.23. The summed E-state index contributed by atoms with van der Waals surface area (Å²) in [5.74, 6) is 0.721. The summed E-state index contributed by atoms with van der Waals surface area (Å²) in [6, 6.07) is 10.8. The van der Waals surface area contributed by atoms with Crippen LogP contribution in [0.25, 0.3) is 27.9 Å². The molecule has 0 atom stereocenters. The van der Waals surface area contributed by atoms with Crippen molar-refractivity contribution in [1.82, 2.24) is 14.5 Å². The monoisotopic (exact) mass is 293 g/mol. The molecule has 0 saturated heterocycles. The van der Waals surface area contributed by atoms with Gasteiger partial charge in [-0.2, -0.15) is 0 Å². The Bertz CT molecular complexity index is 1030. The third kappa shape index (κ3) is 1.77. The average Bonchev–Trinajstić information content (AvgIpc) is 2.95. The molecular formula is C16H11N3O3. The van der Waals surface area contributed by atoms with Crippen molar-refractivity contribution >= 4 is 22.2 Å². The molecule has 108 valence electrons. The number of fused-ring (bicyclic) bond motifs is 3. The van der Waals surface area contributed by atoms with Crippen molar-refractivity contribution in [3.05, 3.63) is 59.3 Å². The predicted octanol–water partition coefficient (Wildman–Crippen LogP) is 2.54. The Morgan fingerprint density at radius 3 is 2.73 bits per heavy atom. The van der Waals surface area contributed by atoms with Gasteiger partial charge in [0.05, 0.1) is 18.2 Å². The Morgan fingerprint density at radius 1 is 1.14 bits per heavy atom. The molecule has 6 nitrogen and oxygen atoms in total. The molecule has 0 aliphatic carbocycles. The largest absolute Gasteiger partial charge is 0.497 e. The molecule has 4 aromatic rings. The number of rotatable bonds is 2. The fourth-order valence-electron chi connectivity index (χ4n) is 2.40. The van der Waals surface area contributed by atoms with E-state index in [1.807, 2.05) is 6.07 Å². The molecule has 0 N–H and O–H groups in total. The van der Waals surface area contributed by atoms with E-state index in [0.717, 1.165) is 11.1 Å². The van der Waals surface area contributed by atoms with Crippen molar-refractivity contribution in [2.24, 2.45) is 0 Å². The van der Waals surface area contributed by atoms with Crippen LogP contribution in [0.3, 0.4) is 0 Å². The van der Waals surface area contributed by atoms with Gasteiger partial charge in [-0.1, -0.05) is 0 Å². The van der Waals surface area contributed by atoms with Gasteiger partial charge >= 0.3 is 5.56 Å². The van der Waals surface area contributed by atoms with Gasteiger partial charge < -0.3 is 9.15 Å². The molecule has 0 aliphatic rings. The third-order valence-electron chi connectivity index (χ3n) is 3.51. The Labute approximate surface area is 124 Å². The number of benzene rings is 1. The van der Waals surface area contributed by atoms with Gasteiger partial charge in [0.15, 0.2) is 0 Å². The lowest BCUT2D eigenvalue weighted by atomic mass is 10.3. The van der Waals surface area contributed by atoms with Gasteiger partial charge in [0.1, 0.15) is 17.6 Å². The molecule has 6 heteroatoms. The van der Waals surface area contributed by atoms with E-state index in [9.17, 15) is 4.79 Å². The zero-order chi connectivity index (χ0) is 15.1. The standard InChI is InChI=1S/C16H11N3O3/c1-21-11-6-4-10(5-7-11)19-9-18-13-12-3-2-8-17-15(12)22-14(13)16(19)20/h2-9H,1H3. The van der Waals surface area contributed by atoms with Crippen LogP contribution in [0, 0.1) is 0 Å². The third-order valence-corrected chi connectivity index (χ3v) is 3.51. The lowest BCUT2D eigenvalue weighted by Crippen LogP contribution is -2.17. The molecule has 4 rings (SSSR count). The summed E-state index contributed by atoms with van der Waals surface area (Å²) in [6.45, 7) is 0. The Kier molecular flexibility index (Phi) is 2.69. The van der Waals surface area contributed by atoms with E-state index in [1.165, 1.54) is 10.9 Å². The number of pyridine rings is 1. The van der Waals surface area contributed by atoms with Crippen LogP contribution >= 0.6 is 0 Å². The fourth-order valence-corrected chi connectivity index (χ4v) is 2.40. The number of hydrogen-bond donors (Lipinski definition) is 0. The first kappa shape index (κ1) is 12.6. The lowest BCUT2D eigenvalue weighted by molar-refractivity contribution is 0.414. The average molecular weight is 293 g/mol. The first-order chi connectivity index (χ1) is 10.8. The number of hydrogen-bond acceptors (Lipinski definition) is 5. The van der Waals surface area contributed by atoms with Crippen LogP contribution in [0.15, 0.2) is 58.1 Å². The van der Waals surface area contributed by atoms with E-state index in [0.29, 0.717) is 16.9 Å². The van der Waals surface area contributed by atoms with Gasteiger partial charge in [0, 0.05) is 6.20 Å². The van der Waals surface area contributed by atoms with Crippen molar-refractivity contribution in [3.8, 4) is 11.4 Å². The number of furan rings is 1. The second-order valence-corrected chi connectivity index (χ2v) is 4.75. The number of nitrogens with zero attached hydrogens (tertiary/aromatic N) is 3. The maximum Gasteiger partial charge on any atom is 0.301 e. The summed E-state index contributed by atoms with van der Waals surface area (Å²) in [4.78, 5) is 21.1. The maximum absolute atomic E-state index is 12.6. The molecule has 0 saturated carbocycles. The van der Waals surface area contributed by atoms with E-state index in [2.05, 4.69) is 9.97 Å². The minimum absolute atomic E-state index is 0.201. The predicted molar refractivity (Wildman–Crippen MR) is 81.5 cm³/mol. The van der Waals surface area contributed by atoms with Crippen LogP contribution in [0.2, 0.25) is 0 Å². The van der Waals surface area contributed by atoms with Crippen LogP contribution in [0.5, 0.6) is 5.75 Å². The van der Waals surface area contributed by atoms with Crippen molar-refractivity contribution in [3.63, 3.8) is 0 Å².